The minimum absolute atomic E-state index is 0.0149. The number of pyridine rings is 1. The molecule has 0 aliphatic carbocycles. The molecule has 1 aliphatic rings. The van der Waals surface area contributed by atoms with Crippen LogP contribution in [0.25, 0.3) is 11.1 Å². The lowest BCUT2D eigenvalue weighted by atomic mass is 9.89. The molecule has 10 heteroatoms. The zero-order valence-corrected chi connectivity index (χ0v) is 25.6. The molecule has 0 saturated carbocycles. The van der Waals surface area contributed by atoms with Crippen molar-refractivity contribution in [2.24, 2.45) is 0 Å². The number of hydrogen-bond donors (Lipinski definition) is 1. The standard InChI is InChI=1S/C34H37FN2O7/c1-6-43-33(42)29-28(22-12-14-23(15-13-22)31(39)40)27(26(38)18-11-21-9-16-24(35)17-10-21)20(2)36-30(29)37-19-7-8-25(37)32(41)44-34(3,4)5/h9-10,12-17,25H,6-8,11,18-19H2,1-5H3,(H,39,40)/t25-/m0/s1. The molecule has 9 nitrogen and oxygen atoms in total. The number of carboxylic acid groups (broad SMARTS) is 1. The summed E-state index contributed by atoms with van der Waals surface area (Å²) in [5, 5.41) is 9.48. The van der Waals surface area contributed by atoms with E-state index in [4.69, 9.17) is 14.5 Å². The molecule has 1 aromatic heterocycles. The Balaban J connectivity index is 1.91. The number of aromatic nitrogens is 1. The van der Waals surface area contributed by atoms with Crippen LogP contribution in [0.15, 0.2) is 48.5 Å². The lowest BCUT2D eigenvalue weighted by molar-refractivity contribution is -0.156. The van der Waals surface area contributed by atoms with Gasteiger partial charge < -0.3 is 19.5 Å². The number of ketones is 1. The number of aryl methyl sites for hydroxylation is 2. The largest absolute Gasteiger partial charge is 0.478 e. The molecule has 2 heterocycles. The first kappa shape index (κ1) is 32.3. The normalized spacial score (nSPS) is 14.8. The Labute approximate surface area is 256 Å². The first-order chi connectivity index (χ1) is 20.8. The SMILES string of the molecule is CCOC(=O)c1c(N2CCC[C@H]2C(=O)OC(C)(C)C)nc(C)c(C(=O)CCc2ccc(F)cc2)c1-c1ccc(C(=O)O)cc1. The number of rotatable bonds is 10. The molecule has 0 bridgehead atoms. The Morgan fingerprint density at radius 2 is 1.68 bits per heavy atom. The van der Waals surface area contributed by atoms with Crippen molar-refractivity contribution in [2.45, 2.75) is 71.9 Å². The van der Waals surface area contributed by atoms with Crippen LogP contribution >= 0.6 is 0 Å². The lowest BCUT2D eigenvalue weighted by Crippen LogP contribution is -2.42. The van der Waals surface area contributed by atoms with Gasteiger partial charge in [-0.05, 0) is 89.3 Å². The number of halogens is 1. The van der Waals surface area contributed by atoms with Crippen molar-refractivity contribution in [1.29, 1.82) is 0 Å². The van der Waals surface area contributed by atoms with Crippen molar-refractivity contribution in [3.8, 4) is 11.1 Å². The summed E-state index contributed by atoms with van der Waals surface area (Å²) in [6, 6.07) is 11.0. The predicted octanol–water partition coefficient (Wildman–Crippen LogP) is 6.20. The highest BCUT2D eigenvalue weighted by molar-refractivity contribution is 6.12. The van der Waals surface area contributed by atoms with Crippen LogP contribution in [-0.2, 0) is 20.7 Å². The minimum Gasteiger partial charge on any atom is -0.478 e. The van der Waals surface area contributed by atoms with Gasteiger partial charge >= 0.3 is 17.9 Å². The number of nitrogens with zero attached hydrogens (tertiary/aromatic N) is 2. The first-order valence-electron chi connectivity index (χ1n) is 14.6. The fourth-order valence-corrected chi connectivity index (χ4v) is 5.37. The van der Waals surface area contributed by atoms with Gasteiger partial charge in [0.15, 0.2) is 5.78 Å². The summed E-state index contributed by atoms with van der Waals surface area (Å²) in [6.07, 6.45) is 1.49. The van der Waals surface area contributed by atoms with Gasteiger partial charge in [-0.2, -0.15) is 0 Å². The zero-order chi connectivity index (χ0) is 32.2. The van der Waals surface area contributed by atoms with E-state index < -0.39 is 29.6 Å². The van der Waals surface area contributed by atoms with Gasteiger partial charge in [0.25, 0.3) is 0 Å². The molecule has 0 spiro atoms. The van der Waals surface area contributed by atoms with Crippen molar-refractivity contribution in [2.75, 3.05) is 18.1 Å². The summed E-state index contributed by atoms with van der Waals surface area (Å²) < 4.78 is 24.6. The van der Waals surface area contributed by atoms with Gasteiger partial charge in [0, 0.05) is 24.1 Å². The zero-order valence-electron chi connectivity index (χ0n) is 25.6. The molecule has 232 valence electrons. The van der Waals surface area contributed by atoms with Crippen LogP contribution in [0.3, 0.4) is 0 Å². The van der Waals surface area contributed by atoms with E-state index in [2.05, 4.69) is 0 Å². The van der Waals surface area contributed by atoms with Crippen molar-refractivity contribution in [1.82, 2.24) is 4.98 Å². The van der Waals surface area contributed by atoms with Crippen LogP contribution in [0.4, 0.5) is 10.2 Å². The number of hydrogen-bond acceptors (Lipinski definition) is 8. The quantitative estimate of drug-likeness (QED) is 0.213. The van der Waals surface area contributed by atoms with E-state index in [1.807, 2.05) is 0 Å². The Morgan fingerprint density at radius 3 is 2.27 bits per heavy atom. The van der Waals surface area contributed by atoms with Crippen molar-refractivity contribution < 1.29 is 38.1 Å². The maximum atomic E-state index is 13.9. The summed E-state index contributed by atoms with van der Waals surface area (Å²) in [7, 11) is 0. The lowest BCUT2D eigenvalue weighted by Gasteiger charge is -2.30. The minimum atomic E-state index is -1.12. The van der Waals surface area contributed by atoms with Gasteiger partial charge in [-0.1, -0.05) is 24.3 Å². The average molecular weight is 605 g/mol. The Kier molecular flexibility index (Phi) is 9.81. The number of carbonyl (C=O) groups excluding carboxylic acids is 3. The van der Waals surface area contributed by atoms with Gasteiger partial charge in [0.05, 0.1) is 17.9 Å². The number of Topliss-reactive ketones (excluding diaryl/α,β-unsaturated/α-hetero) is 1. The number of carbonyl (C=O) groups is 4. The smallest absolute Gasteiger partial charge is 0.342 e. The van der Waals surface area contributed by atoms with Gasteiger partial charge in [0.2, 0.25) is 0 Å². The van der Waals surface area contributed by atoms with Crippen LogP contribution in [-0.4, -0.2) is 58.6 Å². The molecule has 0 unspecified atom stereocenters. The van der Waals surface area contributed by atoms with E-state index in [-0.39, 0.29) is 52.7 Å². The number of ether oxygens (including phenoxy) is 2. The molecule has 44 heavy (non-hydrogen) atoms. The molecule has 1 N–H and O–H groups in total. The third-order valence-corrected chi connectivity index (χ3v) is 7.30. The summed E-state index contributed by atoms with van der Waals surface area (Å²) in [5.74, 6) is -2.79. The van der Waals surface area contributed by atoms with Crippen LogP contribution in [0, 0.1) is 12.7 Å². The Bertz CT molecular complexity index is 1560. The molecular formula is C34H37FN2O7. The fourth-order valence-electron chi connectivity index (χ4n) is 5.37. The van der Waals surface area contributed by atoms with E-state index in [1.165, 1.54) is 36.4 Å². The highest BCUT2D eigenvalue weighted by Crippen LogP contribution is 2.39. The molecule has 1 fully saturated rings. The molecule has 1 saturated heterocycles. The fraction of sp³-hybridized carbons (Fsp3) is 0.382. The highest BCUT2D eigenvalue weighted by Gasteiger charge is 2.39. The van der Waals surface area contributed by atoms with Gasteiger partial charge in [-0.25, -0.2) is 23.8 Å². The van der Waals surface area contributed by atoms with Crippen molar-refractivity contribution >= 4 is 29.5 Å². The second kappa shape index (κ2) is 13.4. The van der Waals surface area contributed by atoms with Crippen molar-refractivity contribution in [3.63, 3.8) is 0 Å². The predicted molar refractivity (Wildman–Crippen MR) is 163 cm³/mol. The number of benzene rings is 2. The summed E-state index contributed by atoms with van der Waals surface area (Å²) in [5.41, 5.74) is 1.28. The Morgan fingerprint density at radius 1 is 1.02 bits per heavy atom. The molecule has 2 aromatic carbocycles. The van der Waals surface area contributed by atoms with E-state index >= 15 is 0 Å². The summed E-state index contributed by atoms with van der Waals surface area (Å²) >= 11 is 0. The molecule has 3 aromatic rings. The van der Waals surface area contributed by atoms with Crippen LogP contribution in [0.5, 0.6) is 0 Å². The molecule has 1 aliphatic heterocycles. The summed E-state index contributed by atoms with van der Waals surface area (Å²) in [4.78, 5) is 59.0. The maximum absolute atomic E-state index is 13.9. The van der Waals surface area contributed by atoms with E-state index in [9.17, 15) is 28.7 Å². The van der Waals surface area contributed by atoms with E-state index in [0.29, 0.717) is 37.1 Å². The summed E-state index contributed by atoms with van der Waals surface area (Å²) in [6.45, 7) is 9.13. The topological polar surface area (TPSA) is 123 Å². The third-order valence-electron chi connectivity index (χ3n) is 7.30. The number of carboxylic acids is 1. The number of aromatic carboxylic acids is 1. The van der Waals surface area contributed by atoms with E-state index in [0.717, 1.165) is 5.56 Å². The maximum Gasteiger partial charge on any atom is 0.342 e. The van der Waals surface area contributed by atoms with E-state index in [1.54, 1.807) is 51.7 Å². The van der Waals surface area contributed by atoms with Crippen LogP contribution in [0.1, 0.15) is 89.3 Å². The number of anilines is 1. The molecule has 0 amide bonds. The monoisotopic (exact) mass is 604 g/mol. The molecule has 1 atom stereocenters. The highest BCUT2D eigenvalue weighted by atomic mass is 19.1. The van der Waals surface area contributed by atoms with Gasteiger partial charge in [0.1, 0.15) is 28.8 Å². The van der Waals surface area contributed by atoms with Gasteiger partial charge in [-0.15, -0.1) is 0 Å². The molecular weight excluding hydrogens is 567 g/mol. The molecule has 4 rings (SSSR count). The van der Waals surface area contributed by atoms with Crippen molar-refractivity contribution in [3.05, 3.63) is 82.3 Å². The Hall–Kier alpha value is -4.60. The second-order valence-corrected chi connectivity index (χ2v) is 11.7. The van der Waals surface area contributed by atoms with Gasteiger partial charge in [-0.3, -0.25) is 4.79 Å². The molecule has 0 radical (unpaired) electrons. The average Bonchev–Trinajstić information content (AvgIpc) is 3.46. The third kappa shape index (κ3) is 7.30. The van der Waals surface area contributed by atoms with Crippen LogP contribution in [0.2, 0.25) is 0 Å². The van der Waals surface area contributed by atoms with Crippen LogP contribution < -0.4 is 4.90 Å². The second-order valence-electron chi connectivity index (χ2n) is 11.7. The number of esters is 2. The first-order valence-corrected chi connectivity index (χ1v) is 14.6.